The number of benzene rings is 1. The van der Waals surface area contributed by atoms with E-state index < -0.39 is 11.0 Å². The van der Waals surface area contributed by atoms with Gasteiger partial charge in [0.15, 0.2) is 0 Å². The van der Waals surface area contributed by atoms with Crippen LogP contribution in [0, 0.1) is 10.1 Å². The quantitative estimate of drug-likeness (QED) is 0.576. The lowest BCUT2D eigenvalue weighted by Gasteiger charge is -2.11. The maximum atomic E-state index is 10.8. The van der Waals surface area contributed by atoms with Gasteiger partial charge in [-0.2, -0.15) is 0 Å². The molecule has 0 aromatic heterocycles. The summed E-state index contributed by atoms with van der Waals surface area (Å²) in [5.41, 5.74) is 6.07. The zero-order valence-corrected chi connectivity index (χ0v) is 8.92. The fourth-order valence-electron chi connectivity index (χ4n) is 1.42. The molecule has 6 nitrogen and oxygen atoms in total. The van der Waals surface area contributed by atoms with Gasteiger partial charge in [-0.1, -0.05) is 0 Å². The molecule has 1 unspecified atom stereocenters. The SMILES string of the molecule is COc1ccc([N+](=O)[O-])c(C(N)CCO)c1. The lowest BCUT2D eigenvalue weighted by Crippen LogP contribution is -2.14. The molecule has 1 aromatic rings. The van der Waals surface area contributed by atoms with Crippen LogP contribution in [-0.4, -0.2) is 23.7 Å². The molecule has 0 aliphatic heterocycles. The van der Waals surface area contributed by atoms with E-state index in [1.165, 1.54) is 25.3 Å². The van der Waals surface area contributed by atoms with E-state index in [-0.39, 0.29) is 18.7 Å². The minimum Gasteiger partial charge on any atom is -0.497 e. The van der Waals surface area contributed by atoms with Crippen LogP contribution in [0.2, 0.25) is 0 Å². The zero-order valence-electron chi connectivity index (χ0n) is 8.92. The standard InChI is InChI=1S/C10H14N2O4/c1-16-7-2-3-10(12(14)15)8(6-7)9(11)4-5-13/h2-3,6,9,13H,4-5,11H2,1H3. The Hall–Kier alpha value is -1.66. The van der Waals surface area contributed by atoms with Crippen LogP contribution < -0.4 is 10.5 Å². The summed E-state index contributed by atoms with van der Waals surface area (Å²) in [5.74, 6) is 0.508. The number of aliphatic hydroxyl groups excluding tert-OH is 1. The van der Waals surface area contributed by atoms with Gasteiger partial charge in [-0.3, -0.25) is 10.1 Å². The molecule has 0 saturated heterocycles. The Morgan fingerprint density at radius 1 is 1.62 bits per heavy atom. The van der Waals surface area contributed by atoms with E-state index in [0.717, 1.165) is 0 Å². The fraction of sp³-hybridized carbons (Fsp3) is 0.400. The molecule has 0 fully saturated rings. The van der Waals surface area contributed by atoms with Crippen LogP contribution in [0.1, 0.15) is 18.0 Å². The average Bonchev–Trinajstić information content (AvgIpc) is 2.28. The fourth-order valence-corrected chi connectivity index (χ4v) is 1.42. The van der Waals surface area contributed by atoms with Crippen LogP contribution in [0.5, 0.6) is 5.75 Å². The third-order valence-electron chi connectivity index (χ3n) is 2.27. The smallest absolute Gasteiger partial charge is 0.274 e. The summed E-state index contributed by atoms with van der Waals surface area (Å²) >= 11 is 0. The Labute approximate surface area is 92.8 Å². The molecule has 16 heavy (non-hydrogen) atoms. The molecule has 0 radical (unpaired) electrons. The van der Waals surface area contributed by atoms with Crippen molar-refractivity contribution in [1.29, 1.82) is 0 Å². The van der Waals surface area contributed by atoms with Gasteiger partial charge in [-0.05, 0) is 18.6 Å². The summed E-state index contributed by atoms with van der Waals surface area (Å²) in [7, 11) is 1.47. The van der Waals surface area contributed by atoms with Gasteiger partial charge in [0.2, 0.25) is 0 Å². The number of nitrogens with zero attached hydrogens (tertiary/aromatic N) is 1. The first kappa shape index (κ1) is 12.4. The van der Waals surface area contributed by atoms with Crippen molar-refractivity contribution in [2.45, 2.75) is 12.5 Å². The number of aliphatic hydroxyl groups is 1. The van der Waals surface area contributed by atoms with Crippen molar-refractivity contribution in [3.63, 3.8) is 0 Å². The van der Waals surface area contributed by atoms with Crippen molar-refractivity contribution >= 4 is 5.69 Å². The Bertz CT molecular complexity index is 381. The average molecular weight is 226 g/mol. The van der Waals surface area contributed by atoms with Crippen molar-refractivity contribution in [2.24, 2.45) is 5.73 Å². The van der Waals surface area contributed by atoms with Crippen LogP contribution in [0.4, 0.5) is 5.69 Å². The zero-order chi connectivity index (χ0) is 12.1. The third-order valence-corrected chi connectivity index (χ3v) is 2.27. The Morgan fingerprint density at radius 3 is 2.81 bits per heavy atom. The van der Waals surface area contributed by atoms with Crippen LogP contribution in [0.3, 0.4) is 0 Å². The Balaban J connectivity index is 3.14. The highest BCUT2D eigenvalue weighted by Gasteiger charge is 2.19. The summed E-state index contributed by atoms with van der Waals surface area (Å²) in [6, 6.07) is 3.82. The van der Waals surface area contributed by atoms with E-state index in [0.29, 0.717) is 11.3 Å². The minimum atomic E-state index is -0.569. The van der Waals surface area contributed by atoms with Gasteiger partial charge < -0.3 is 15.6 Å². The minimum absolute atomic E-state index is 0.0539. The number of ether oxygens (including phenoxy) is 1. The largest absolute Gasteiger partial charge is 0.497 e. The van der Waals surface area contributed by atoms with E-state index in [1.807, 2.05) is 0 Å². The first-order valence-electron chi connectivity index (χ1n) is 4.79. The number of rotatable bonds is 5. The lowest BCUT2D eigenvalue weighted by atomic mass is 10.0. The van der Waals surface area contributed by atoms with Gasteiger partial charge in [0, 0.05) is 18.7 Å². The van der Waals surface area contributed by atoms with Crippen molar-refractivity contribution in [2.75, 3.05) is 13.7 Å². The van der Waals surface area contributed by atoms with Crippen molar-refractivity contribution in [3.05, 3.63) is 33.9 Å². The number of methoxy groups -OCH3 is 1. The molecule has 0 heterocycles. The second-order valence-electron chi connectivity index (χ2n) is 3.30. The van der Waals surface area contributed by atoms with E-state index in [2.05, 4.69) is 0 Å². The van der Waals surface area contributed by atoms with Crippen molar-refractivity contribution in [3.8, 4) is 5.75 Å². The summed E-state index contributed by atoms with van der Waals surface area (Å²) in [6.45, 7) is -0.116. The topological polar surface area (TPSA) is 98.6 Å². The summed E-state index contributed by atoms with van der Waals surface area (Å²) in [4.78, 5) is 10.3. The molecule has 3 N–H and O–H groups in total. The molecule has 1 rings (SSSR count). The molecule has 88 valence electrons. The predicted octanol–water partition coefficient (Wildman–Crippen LogP) is 0.986. The Kier molecular flexibility index (Phi) is 4.21. The van der Waals surface area contributed by atoms with Crippen molar-refractivity contribution < 1.29 is 14.8 Å². The van der Waals surface area contributed by atoms with E-state index in [1.54, 1.807) is 0 Å². The highest BCUT2D eigenvalue weighted by molar-refractivity contribution is 5.47. The van der Waals surface area contributed by atoms with Gasteiger partial charge in [-0.15, -0.1) is 0 Å². The number of hydrogen-bond acceptors (Lipinski definition) is 5. The molecular formula is C10H14N2O4. The van der Waals surface area contributed by atoms with Crippen LogP contribution in [0.25, 0.3) is 0 Å². The maximum Gasteiger partial charge on any atom is 0.274 e. The number of nitro groups is 1. The second kappa shape index (κ2) is 5.43. The van der Waals surface area contributed by atoms with Crippen LogP contribution >= 0.6 is 0 Å². The lowest BCUT2D eigenvalue weighted by molar-refractivity contribution is -0.385. The van der Waals surface area contributed by atoms with Gasteiger partial charge >= 0.3 is 0 Å². The number of nitro benzene ring substituents is 1. The molecular weight excluding hydrogens is 212 g/mol. The number of hydrogen-bond donors (Lipinski definition) is 2. The molecule has 0 saturated carbocycles. The summed E-state index contributed by atoms with van der Waals surface area (Å²) in [6.07, 6.45) is 0.272. The van der Waals surface area contributed by atoms with Gasteiger partial charge in [0.1, 0.15) is 5.75 Å². The maximum absolute atomic E-state index is 10.8. The normalized spacial score (nSPS) is 12.2. The molecule has 0 aliphatic carbocycles. The molecule has 1 aromatic carbocycles. The highest BCUT2D eigenvalue weighted by atomic mass is 16.6. The van der Waals surface area contributed by atoms with E-state index in [9.17, 15) is 10.1 Å². The van der Waals surface area contributed by atoms with E-state index in [4.69, 9.17) is 15.6 Å². The third kappa shape index (κ3) is 2.68. The molecule has 0 bridgehead atoms. The molecule has 6 heteroatoms. The monoisotopic (exact) mass is 226 g/mol. The van der Waals surface area contributed by atoms with Gasteiger partial charge in [-0.25, -0.2) is 0 Å². The molecule has 1 atom stereocenters. The van der Waals surface area contributed by atoms with Gasteiger partial charge in [0.05, 0.1) is 17.6 Å². The van der Waals surface area contributed by atoms with Crippen LogP contribution in [-0.2, 0) is 0 Å². The van der Waals surface area contributed by atoms with Gasteiger partial charge in [0.25, 0.3) is 5.69 Å². The molecule has 0 aliphatic rings. The summed E-state index contributed by atoms with van der Waals surface area (Å²) < 4.78 is 4.98. The highest BCUT2D eigenvalue weighted by Crippen LogP contribution is 2.29. The Morgan fingerprint density at radius 2 is 2.31 bits per heavy atom. The first-order valence-corrected chi connectivity index (χ1v) is 4.79. The van der Waals surface area contributed by atoms with E-state index >= 15 is 0 Å². The summed E-state index contributed by atoms with van der Waals surface area (Å²) in [5, 5.41) is 19.5. The molecule has 0 amide bonds. The van der Waals surface area contributed by atoms with Crippen LogP contribution in [0.15, 0.2) is 18.2 Å². The first-order chi connectivity index (χ1) is 7.60. The molecule has 0 spiro atoms. The predicted molar refractivity (Wildman–Crippen MR) is 58.3 cm³/mol. The number of nitrogens with two attached hydrogens (primary N) is 1. The second-order valence-corrected chi connectivity index (χ2v) is 3.30. The van der Waals surface area contributed by atoms with Crippen molar-refractivity contribution in [1.82, 2.24) is 0 Å².